The van der Waals surface area contributed by atoms with Crippen molar-refractivity contribution in [3.05, 3.63) is 53.8 Å². The Morgan fingerprint density at radius 2 is 1.90 bits per heavy atom. The summed E-state index contributed by atoms with van der Waals surface area (Å²) in [5.74, 6) is -0.966. The largest absolute Gasteiger partial charge is 0.507 e. The van der Waals surface area contributed by atoms with Gasteiger partial charge in [0.2, 0.25) is 0 Å². The van der Waals surface area contributed by atoms with Crippen LogP contribution < -0.4 is 5.32 Å². The number of nitrogens with zero attached hydrogens (tertiary/aromatic N) is 1. The van der Waals surface area contributed by atoms with Crippen LogP contribution in [0.4, 0.5) is 10.1 Å². The summed E-state index contributed by atoms with van der Waals surface area (Å²) >= 11 is 0. The molecule has 3 rings (SSSR count). The van der Waals surface area contributed by atoms with E-state index in [9.17, 15) is 17.9 Å². The highest BCUT2D eigenvalue weighted by atomic mass is 32.2. The number of sulfonamides is 1. The number of phenolic OH excluding ortho intramolecular Hbond substituents is 1. The molecule has 2 aromatic carbocycles. The van der Waals surface area contributed by atoms with Crippen molar-refractivity contribution in [3.63, 3.8) is 0 Å². The third-order valence-corrected chi connectivity index (χ3v) is 4.18. The summed E-state index contributed by atoms with van der Waals surface area (Å²) in [6.07, 6.45) is 0. The standard InChI is InChI=1S/C13H9FN2O3S/c14-8-5-6-11(17)9(7-8)13-15-10-3-1-2-4-12(10)20(18,19)16-13/h1-7,17H,(H,15,16). The second-order valence-corrected chi connectivity index (χ2v) is 5.77. The molecule has 0 saturated heterocycles. The molecule has 0 radical (unpaired) electrons. The Balaban J connectivity index is 2.19. The topological polar surface area (TPSA) is 78.8 Å². The van der Waals surface area contributed by atoms with E-state index in [1.807, 2.05) is 0 Å². The number of amidine groups is 1. The predicted octanol–water partition coefficient (Wildman–Crippen LogP) is 2.09. The van der Waals surface area contributed by atoms with Crippen LogP contribution >= 0.6 is 0 Å². The number of aromatic hydroxyl groups is 1. The maximum atomic E-state index is 13.2. The van der Waals surface area contributed by atoms with Crippen LogP contribution in [-0.4, -0.2) is 19.4 Å². The second kappa shape index (κ2) is 4.31. The van der Waals surface area contributed by atoms with Crippen LogP contribution in [0.5, 0.6) is 5.75 Å². The quantitative estimate of drug-likeness (QED) is 0.843. The van der Waals surface area contributed by atoms with Crippen molar-refractivity contribution in [2.45, 2.75) is 4.90 Å². The number of halogens is 1. The van der Waals surface area contributed by atoms with Crippen molar-refractivity contribution < 1.29 is 17.9 Å². The maximum absolute atomic E-state index is 13.2. The van der Waals surface area contributed by atoms with E-state index in [1.54, 1.807) is 18.2 Å². The van der Waals surface area contributed by atoms with Gasteiger partial charge in [0.15, 0.2) is 5.84 Å². The summed E-state index contributed by atoms with van der Waals surface area (Å²) in [7, 11) is -3.88. The van der Waals surface area contributed by atoms with Gasteiger partial charge in [-0.2, -0.15) is 8.42 Å². The first-order valence-corrected chi connectivity index (χ1v) is 7.11. The van der Waals surface area contributed by atoms with Crippen molar-refractivity contribution in [1.29, 1.82) is 0 Å². The van der Waals surface area contributed by atoms with Crippen molar-refractivity contribution in [2.24, 2.45) is 4.40 Å². The molecule has 0 bridgehead atoms. The summed E-state index contributed by atoms with van der Waals surface area (Å²) in [4.78, 5) is 0.0413. The molecular formula is C13H9FN2O3S. The van der Waals surface area contributed by atoms with Gasteiger partial charge in [-0.1, -0.05) is 12.1 Å². The zero-order chi connectivity index (χ0) is 14.3. The van der Waals surface area contributed by atoms with Gasteiger partial charge in [0.1, 0.15) is 16.5 Å². The van der Waals surface area contributed by atoms with Crippen LogP contribution in [0.25, 0.3) is 0 Å². The fourth-order valence-electron chi connectivity index (χ4n) is 1.93. The monoisotopic (exact) mass is 292 g/mol. The Kier molecular flexibility index (Phi) is 2.72. The molecule has 2 aromatic rings. The van der Waals surface area contributed by atoms with Crippen LogP contribution in [0.3, 0.4) is 0 Å². The van der Waals surface area contributed by atoms with Gasteiger partial charge in [0, 0.05) is 0 Å². The third kappa shape index (κ3) is 2.01. The van der Waals surface area contributed by atoms with Crippen molar-refractivity contribution in [2.75, 3.05) is 5.32 Å². The number of hydrogen-bond acceptors (Lipinski definition) is 4. The number of fused-ring (bicyclic) bond motifs is 1. The molecule has 0 spiro atoms. The Morgan fingerprint density at radius 1 is 1.15 bits per heavy atom. The molecule has 0 aromatic heterocycles. The minimum atomic E-state index is -3.88. The van der Waals surface area contributed by atoms with E-state index >= 15 is 0 Å². The molecule has 1 aliphatic heterocycles. The fraction of sp³-hybridized carbons (Fsp3) is 0. The highest BCUT2D eigenvalue weighted by molar-refractivity contribution is 7.90. The van der Waals surface area contributed by atoms with E-state index in [-0.39, 0.29) is 22.0 Å². The van der Waals surface area contributed by atoms with Crippen LogP contribution in [0.15, 0.2) is 51.8 Å². The minimum Gasteiger partial charge on any atom is -0.507 e. The van der Waals surface area contributed by atoms with E-state index < -0.39 is 15.8 Å². The fourth-order valence-corrected chi connectivity index (χ4v) is 3.06. The molecule has 0 unspecified atom stereocenters. The van der Waals surface area contributed by atoms with Crippen LogP contribution in [0.1, 0.15) is 5.56 Å². The number of hydrogen-bond donors (Lipinski definition) is 2. The molecule has 0 atom stereocenters. The lowest BCUT2D eigenvalue weighted by Crippen LogP contribution is -2.22. The van der Waals surface area contributed by atoms with E-state index in [0.717, 1.165) is 18.2 Å². The van der Waals surface area contributed by atoms with Gasteiger partial charge in [-0.15, -0.1) is 4.40 Å². The molecule has 1 aliphatic rings. The van der Waals surface area contributed by atoms with Crippen LogP contribution in [0.2, 0.25) is 0 Å². The van der Waals surface area contributed by atoms with Gasteiger partial charge >= 0.3 is 0 Å². The Labute approximate surface area is 114 Å². The third-order valence-electron chi connectivity index (χ3n) is 2.84. The van der Waals surface area contributed by atoms with Crippen LogP contribution in [0, 0.1) is 5.82 Å². The molecule has 0 fully saturated rings. The Hall–Kier alpha value is -2.41. The lowest BCUT2D eigenvalue weighted by Gasteiger charge is -2.18. The average molecular weight is 292 g/mol. The highest BCUT2D eigenvalue weighted by Crippen LogP contribution is 2.30. The number of phenols is 1. The second-order valence-electron chi connectivity index (χ2n) is 4.20. The molecule has 0 saturated carbocycles. The SMILES string of the molecule is O=S1(=O)N=C(c2cc(F)ccc2O)Nc2ccccc21. The van der Waals surface area contributed by atoms with Crippen molar-refractivity contribution >= 4 is 21.5 Å². The van der Waals surface area contributed by atoms with Crippen LogP contribution in [-0.2, 0) is 10.0 Å². The van der Waals surface area contributed by atoms with E-state index in [2.05, 4.69) is 9.71 Å². The van der Waals surface area contributed by atoms with Gasteiger partial charge in [-0.05, 0) is 30.3 Å². The van der Waals surface area contributed by atoms with E-state index in [4.69, 9.17) is 0 Å². The first-order chi connectivity index (χ1) is 9.47. The lowest BCUT2D eigenvalue weighted by molar-refractivity contribution is 0.472. The smallest absolute Gasteiger partial charge is 0.286 e. The summed E-state index contributed by atoms with van der Waals surface area (Å²) in [5.41, 5.74) is 0.323. The molecule has 7 heteroatoms. The molecule has 0 amide bonds. The van der Waals surface area contributed by atoms with Gasteiger partial charge in [-0.3, -0.25) is 0 Å². The number of nitrogens with one attached hydrogen (secondary N) is 1. The molecule has 0 aliphatic carbocycles. The summed E-state index contributed by atoms with van der Waals surface area (Å²) in [6.45, 7) is 0. The first-order valence-electron chi connectivity index (χ1n) is 5.67. The van der Waals surface area contributed by atoms with Gasteiger partial charge in [0.25, 0.3) is 10.0 Å². The van der Waals surface area contributed by atoms with Crippen molar-refractivity contribution in [1.82, 2.24) is 0 Å². The Bertz CT molecular complexity index is 831. The molecule has 2 N–H and O–H groups in total. The van der Waals surface area contributed by atoms with Gasteiger partial charge in [0.05, 0.1) is 11.3 Å². The zero-order valence-electron chi connectivity index (χ0n) is 10.0. The molecule has 20 heavy (non-hydrogen) atoms. The summed E-state index contributed by atoms with van der Waals surface area (Å²) in [5, 5.41) is 12.5. The Morgan fingerprint density at radius 3 is 2.70 bits per heavy atom. The van der Waals surface area contributed by atoms with Crippen molar-refractivity contribution in [3.8, 4) is 5.75 Å². The number of anilines is 1. The van der Waals surface area contributed by atoms with Gasteiger partial charge < -0.3 is 10.4 Å². The number of rotatable bonds is 1. The first kappa shape index (κ1) is 12.6. The van der Waals surface area contributed by atoms with Gasteiger partial charge in [-0.25, -0.2) is 4.39 Å². The normalized spacial score (nSPS) is 15.9. The molecule has 1 heterocycles. The molecule has 5 nitrogen and oxygen atoms in total. The number of para-hydroxylation sites is 1. The summed E-state index contributed by atoms with van der Waals surface area (Å²) in [6, 6.07) is 9.46. The number of benzene rings is 2. The van der Waals surface area contributed by atoms with E-state index in [0.29, 0.717) is 5.69 Å². The zero-order valence-corrected chi connectivity index (χ0v) is 10.9. The molecular weight excluding hydrogens is 283 g/mol. The van der Waals surface area contributed by atoms with E-state index in [1.165, 1.54) is 6.07 Å². The summed E-state index contributed by atoms with van der Waals surface area (Å²) < 4.78 is 40.9. The minimum absolute atomic E-state index is 0.0110. The lowest BCUT2D eigenvalue weighted by atomic mass is 10.1. The maximum Gasteiger partial charge on any atom is 0.286 e. The molecule has 102 valence electrons. The average Bonchev–Trinajstić information content (AvgIpc) is 2.41. The predicted molar refractivity (Wildman–Crippen MR) is 71.9 cm³/mol. The highest BCUT2D eigenvalue weighted by Gasteiger charge is 2.26.